The normalized spacial score (nSPS) is 30.9. The van der Waals surface area contributed by atoms with E-state index >= 15 is 0 Å². The first kappa shape index (κ1) is 11.9. The number of nitrogens with zero attached hydrogens (tertiary/aromatic N) is 2. The molecule has 2 heterocycles. The van der Waals surface area contributed by atoms with E-state index in [0.717, 1.165) is 24.1 Å². The van der Waals surface area contributed by atoms with Gasteiger partial charge in [-0.25, -0.2) is 4.98 Å². The molecular weight excluding hydrogens is 226 g/mol. The van der Waals surface area contributed by atoms with Crippen molar-refractivity contribution in [1.29, 1.82) is 0 Å². The second-order valence-electron chi connectivity index (χ2n) is 5.60. The van der Waals surface area contributed by atoms with Crippen molar-refractivity contribution in [2.75, 3.05) is 20.2 Å². The largest absolute Gasteiger partial charge is 0.477 e. The molecule has 3 unspecified atom stereocenters. The molecule has 18 heavy (non-hydrogen) atoms. The van der Waals surface area contributed by atoms with E-state index in [1.165, 1.54) is 19.4 Å². The summed E-state index contributed by atoms with van der Waals surface area (Å²) in [7, 11) is 2.23. The minimum atomic E-state index is 0.539. The van der Waals surface area contributed by atoms with E-state index in [-0.39, 0.29) is 0 Å². The highest BCUT2D eigenvalue weighted by molar-refractivity contribution is 5.20. The van der Waals surface area contributed by atoms with E-state index in [2.05, 4.69) is 16.9 Å². The highest BCUT2D eigenvalue weighted by Gasteiger charge is 2.43. The van der Waals surface area contributed by atoms with Gasteiger partial charge in [-0.2, -0.15) is 0 Å². The average molecular weight is 247 g/mol. The number of ether oxygens (including phenoxy) is 1. The number of aromatic nitrogens is 1. The van der Waals surface area contributed by atoms with Crippen LogP contribution in [-0.2, 0) is 6.54 Å². The minimum Gasteiger partial charge on any atom is -0.477 e. The van der Waals surface area contributed by atoms with Gasteiger partial charge in [-0.3, -0.25) is 0 Å². The number of hydrogen-bond acceptors (Lipinski definition) is 4. The summed E-state index contributed by atoms with van der Waals surface area (Å²) < 4.78 is 5.84. The lowest BCUT2D eigenvalue weighted by molar-refractivity contribution is 0.149. The van der Waals surface area contributed by atoms with Gasteiger partial charge in [0, 0.05) is 31.4 Å². The fourth-order valence-electron chi connectivity index (χ4n) is 3.34. The van der Waals surface area contributed by atoms with Crippen LogP contribution in [0.15, 0.2) is 18.3 Å². The molecule has 4 heteroatoms. The maximum Gasteiger partial charge on any atom is 0.213 e. The Morgan fingerprint density at radius 1 is 1.50 bits per heavy atom. The Balaban J connectivity index is 1.56. The zero-order valence-corrected chi connectivity index (χ0v) is 10.9. The first-order chi connectivity index (χ1) is 8.76. The number of hydrogen-bond donors (Lipinski definition) is 1. The van der Waals surface area contributed by atoms with E-state index in [4.69, 9.17) is 10.5 Å². The molecule has 2 aliphatic rings. The molecule has 2 N–H and O–H groups in total. The first-order valence-corrected chi connectivity index (χ1v) is 6.74. The van der Waals surface area contributed by atoms with Crippen LogP contribution in [0.5, 0.6) is 5.88 Å². The third-order valence-electron chi connectivity index (χ3n) is 4.44. The van der Waals surface area contributed by atoms with Crippen LogP contribution < -0.4 is 10.5 Å². The summed E-state index contributed by atoms with van der Waals surface area (Å²) in [6.07, 6.45) is 4.39. The van der Waals surface area contributed by atoms with Crippen LogP contribution in [0.4, 0.5) is 0 Å². The number of piperidine rings is 1. The average Bonchev–Trinajstić information content (AvgIpc) is 2.95. The van der Waals surface area contributed by atoms with Gasteiger partial charge in [0.05, 0.1) is 6.61 Å². The van der Waals surface area contributed by atoms with Crippen LogP contribution in [0.1, 0.15) is 18.4 Å². The molecule has 1 saturated heterocycles. The Hall–Kier alpha value is -1.13. The molecule has 2 bridgehead atoms. The molecule has 3 atom stereocenters. The molecule has 0 amide bonds. The van der Waals surface area contributed by atoms with Crippen molar-refractivity contribution in [3.63, 3.8) is 0 Å². The predicted molar refractivity (Wildman–Crippen MR) is 70.3 cm³/mol. The molecule has 4 nitrogen and oxygen atoms in total. The van der Waals surface area contributed by atoms with E-state index in [0.29, 0.717) is 18.3 Å². The van der Waals surface area contributed by atoms with Gasteiger partial charge < -0.3 is 15.4 Å². The van der Waals surface area contributed by atoms with E-state index in [9.17, 15) is 0 Å². The second-order valence-corrected chi connectivity index (χ2v) is 5.60. The number of pyridine rings is 1. The van der Waals surface area contributed by atoms with Crippen molar-refractivity contribution in [3.05, 3.63) is 23.9 Å². The van der Waals surface area contributed by atoms with Gasteiger partial charge in [0.2, 0.25) is 5.88 Å². The Morgan fingerprint density at radius 2 is 2.39 bits per heavy atom. The summed E-state index contributed by atoms with van der Waals surface area (Å²) in [5, 5.41) is 0. The van der Waals surface area contributed by atoms with E-state index in [1.807, 2.05) is 12.1 Å². The molecular formula is C14H21N3O. The fraction of sp³-hybridized carbons (Fsp3) is 0.643. The van der Waals surface area contributed by atoms with Crippen molar-refractivity contribution in [2.24, 2.45) is 17.6 Å². The van der Waals surface area contributed by atoms with Crippen LogP contribution in [-0.4, -0.2) is 36.1 Å². The lowest BCUT2D eigenvalue weighted by Gasteiger charge is -2.28. The molecule has 0 aromatic carbocycles. The van der Waals surface area contributed by atoms with Gasteiger partial charge in [-0.15, -0.1) is 0 Å². The summed E-state index contributed by atoms with van der Waals surface area (Å²) >= 11 is 0. The molecule has 0 radical (unpaired) electrons. The fourth-order valence-corrected chi connectivity index (χ4v) is 3.34. The van der Waals surface area contributed by atoms with Crippen LogP contribution in [0.25, 0.3) is 0 Å². The minimum absolute atomic E-state index is 0.539. The first-order valence-electron chi connectivity index (χ1n) is 6.74. The van der Waals surface area contributed by atoms with E-state index in [1.54, 1.807) is 6.20 Å². The summed E-state index contributed by atoms with van der Waals surface area (Å²) in [5.74, 6) is 2.24. The zero-order chi connectivity index (χ0) is 12.5. The van der Waals surface area contributed by atoms with Crippen LogP contribution >= 0.6 is 0 Å². The van der Waals surface area contributed by atoms with Crippen molar-refractivity contribution in [3.8, 4) is 5.88 Å². The topological polar surface area (TPSA) is 51.4 Å². The van der Waals surface area contributed by atoms with E-state index < -0.39 is 0 Å². The summed E-state index contributed by atoms with van der Waals surface area (Å²) in [4.78, 5) is 6.72. The van der Waals surface area contributed by atoms with Crippen molar-refractivity contribution in [1.82, 2.24) is 9.88 Å². The Kier molecular flexibility index (Phi) is 3.22. The monoisotopic (exact) mass is 247 g/mol. The van der Waals surface area contributed by atoms with Crippen molar-refractivity contribution in [2.45, 2.75) is 25.4 Å². The van der Waals surface area contributed by atoms with Gasteiger partial charge >= 0.3 is 0 Å². The molecule has 1 saturated carbocycles. The molecule has 1 aliphatic heterocycles. The predicted octanol–water partition coefficient (Wildman–Crippen LogP) is 1.26. The van der Waals surface area contributed by atoms with Gasteiger partial charge in [-0.1, -0.05) is 0 Å². The highest BCUT2D eigenvalue weighted by atomic mass is 16.5. The Bertz CT molecular complexity index is 421. The lowest BCUT2D eigenvalue weighted by Crippen LogP contribution is -2.34. The smallest absolute Gasteiger partial charge is 0.213 e. The number of fused-ring (bicyclic) bond motifs is 2. The third kappa shape index (κ3) is 2.22. The zero-order valence-electron chi connectivity index (χ0n) is 10.9. The van der Waals surface area contributed by atoms with Gasteiger partial charge in [-0.05, 0) is 43.4 Å². The van der Waals surface area contributed by atoms with Crippen LogP contribution in [0, 0.1) is 11.8 Å². The molecule has 0 spiro atoms. The van der Waals surface area contributed by atoms with Gasteiger partial charge in [0.25, 0.3) is 0 Å². The Labute approximate surface area is 108 Å². The van der Waals surface area contributed by atoms with Crippen LogP contribution in [0.2, 0.25) is 0 Å². The number of nitrogens with two attached hydrogens (primary N) is 1. The quantitative estimate of drug-likeness (QED) is 0.870. The lowest BCUT2D eigenvalue weighted by atomic mass is 9.96. The SMILES string of the molecule is CN1CC2CC1CC2COc1cc(CN)ccn1. The summed E-state index contributed by atoms with van der Waals surface area (Å²) in [5.41, 5.74) is 6.69. The maximum atomic E-state index is 5.84. The molecule has 1 aromatic rings. The van der Waals surface area contributed by atoms with Crippen molar-refractivity contribution >= 4 is 0 Å². The summed E-state index contributed by atoms with van der Waals surface area (Å²) in [6.45, 7) is 2.57. The van der Waals surface area contributed by atoms with Crippen LogP contribution in [0.3, 0.4) is 0 Å². The standard InChI is InChI=1S/C14H21N3O/c1-17-8-11-5-13(17)6-12(11)9-18-14-4-10(7-15)2-3-16-14/h2-4,11-13H,5-9,15H2,1H3. The van der Waals surface area contributed by atoms with Gasteiger partial charge in [0.1, 0.15) is 0 Å². The third-order valence-corrected chi connectivity index (χ3v) is 4.44. The van der Waals surface area contributed by atoms with Gasteiger partial charge in [0.15, 0.2) is 0 Å². The second kappa shape index (κ2) is 4.86. The Morgan fingerprint density at radius 3 is 3.06 bits per heavy atom. The number of likely N-dealkylation sites (tertiary alicyclic amines) is 1. The molecule has 2 fully saturated rings. The van der Waals surface area contributed by atoms with Crippen molar-refractivity contribution < 1.29 is 4.74 Å². The highest BCUT2D eigenvalue weighted by Crippen LogP contribution is 2.41. The summed E-state index contributed by atoms with van der Waals surface area (Å²) in [6, 6.07) is 4.66. The maximum absolute atomic E-state index is 5.84. The molecule has 1 aliphatic carbocycles. The molecule has 3 rings (SSSR count). The number of rotatable bonds is 4. The molecule has 1 aromatic heterocycles. The molecule has 98 valence electrons.